The molecule has 0 aromatic carbocycles. The molecule has 0 radical (unpaired) electrons. The zero-order chi connectivity index (χ0) is 16.2. The molecule has 0 bridgehead atoms. The Morgan fingerprint density at radius 2 is 1.71 bits per heavy atom. The minimum absolute atomic E-state index is 0.000369. The van der Waals surface area contributed by atoms with Crippen molar-refractivity contribution in [2.75, 3.05) is 33.7 Å². The molecule has 6 heteroatoms. The molecule has 122 valence electrons. The van der Waals surface area contributed by atoms with Gasteiger partial charge in [0, 0.05) is 37.6 Å². The number of amides is 2. The maximum absolute atomic E-state index is 12.1. The fourth-order valence-electron chi connectivity index (χ4n) is 2.84. The van der Waals surface area contributed by atoms with Crippen LogP contribution in [-0.2, 0) is 4.79 Å². The molecule has 21 heavy (non-hydrogen) atoms. The van der Waals surface area contributed by atoms with E-state index in [1.807, 2.05) is 44.7 Å². The predicted molar refractivity (Wildman–Crippen MR) is 82.4 cm³/mol. The van der Waals surface area contributed by atoms with Crippen molar-refractivity contribution in [3.8, 4) is 0 Å². The number of likely N-dealkylation sites (tertiary alicyclic amines) is 1. The standard InChI is InChI=1S/C15H29N3O3/c1-15(2,3)18(14(20)21)12-6-10-17(11-7-12)13(19)8-9-16(4)5/h12H,6-11H2,1-5H3,(H,20,21). The fourth-order valence-corrected chi connectivity index (χ4v) is 2.84. The summed E-state index contributed by atoms with van der Waals surface area (Å²) in [5.74, 6) is 0.166. The monoisotopic (exact) mass is 299 g/mol. The van der Waals surface area contributed by atoms with Crippen molar-refractivity contribution >= 4 is 12.0 Å². The van der Waals surface area contributed by atoms with Gasteiger partial charge in [-0.15, -0.1) is 0 Å². The molecule has 0 unspecified atom stereocenters. The molecule has 0 atom stereocenters. The Balaban J connectivity index is 2.54. The number of carbonyl (C=O) groups excluding carboxylic acids is 1. The molecule has 1 aliphatic rings. The molecule has 1 N–H and O–H groups in total. The SMILES string of the molecule is CN(C)CCC(=O)N1CCC(N(C(=O)O)C(C)(C)C)CC1. The lowest BCUT2D eigenvalue weighted by Crippen LogP contribution is -2.55. The van der Waals surface area contributed by atoms with Gasteiger partial charge in [0.2, 0.25) is 5.91 Å². The maximum Gasteiger partial charge on any atom is 0.407 e. The van der Waals surface area contributed by atoms with E-state index in [4.69, 9.17) is 0 Å². The maximum atomic E-state index is 12.1. The summed E-state index contributed by atoms with van der Waals surface area (Å²) in [6, 6.07) is 0.000369. The van der Waals surface area contributed by atoms with Gasteiger partial charge in [-0.3, -0.25) is 4.79 Å². The van der Waals surface area contributed by atoms with Gasteiger partial charge in [-0.2, -0.15) is 0 Å². The van der Waals surface area contributed by atoms with E-state index in [9.17, 15) is 14.7 Å². The quantitative estimate of drug-likeness (QED) is 0.858. The minimum Gasteiger partial charge on any atom is -0.465 e. The molecule has 0 aliphatic carbocycles. The third-order valence-corrected chi connectivity index (χ3v) is 3.88. The van der Waals surface area contributed by atoms with E-state index in [0.29, 0.717) is 19.5 Å². The van der Waals surface area contributed by atoms with Gasteiger partial charge in [0.25, 0.3) is 0 Å². The second kappa shape index (κ2) is 7.11. The van der Waals surface area contributed by atoms with Crippen LogP contribution in [0.4, 0.5) is 4.79 Å². The van der Waals surface area contributed by atoms with Crippen LogP contribution in [0.5, 0.6) is 0 Å². The van der Waals surface area contributed by atoms with Crippen molar-refractivity contribution in [2.45, 2.75) is 51.6 Å². The Labute approximate surface area is 127 Å². The molecule has 1 saturated heterocycles. The van der Waals surface area contributed by atoms with Crippen LogP contribution < -0.4 is 0 Å². The van der Waals surface area contributed by atoms with Gasteiger partial charge >= 0.3 is 6.09 Å². The van der Waals surface area contributed by atoms with Crippen molar-refractivity contribution in [3.05, 3.63) is 0 Å². The lowest BCUT2D eigenvalue weighted by Gasteiger charge is -2.43. The van der Waals surface area contributed by atoms with Crippen LogP contribution in [0, 0.1) is 0 Å². The van der Waals surface area contributed by atoms with Gasteiger partial charge < -0.3 is 19.8 Å². The highest BCUT2D eigenvalue weighted by atomic mass is 16.4. The minimum atomic E-state index is -0.875. The molecular formula is C15H29N3O3. The van der Waals surface area contributed by atoms with E-state index in [0.717, 1.165) is 19.4 Å². The summed E-state index contributed by atoms with van der Waals surface area (Å²) in [5, 5.41) is 9.42. The molecule has 1 aliphatic heterocycles. The normalized spacial score (nSPS) is 17.1. The first-order chi connectivity index (χ1) is 9.62. The number of hydrogen-bond acceptors (Lipinski definition) is 3. The summed E-state index contributed by atoms with van der Waals surface area (Å²) in [5.41, 5.74) is -0.409. The van der Waals surface area contributed by atoms with Gasteiger partial charge in [-0.05, 0) is 47.7 Å². The third kappa shape index (κ3) is 5.19. The van der Waals surface area contributed by atoms with E-state index in [2.05, 4.69) is 0 Å². The van der Waals surface area contributed by atoms with E-state index in [-0.39, 0.29) is 11.9 Å². The van der Waals surface area contributed by atoms with Crippen LogP contribution in [0.25, 0.3) is 0 Å². The molecular weight excluding hydrogens is 270 g/mol. The van der Waals surface area contributed by atoms with Crippen molar-refractivity contribution in [2.24, 2.45) is 0 Å². The number of carbonyl (C=O) groups is 2. The molecule has 1 rings (SSSR count). The fraction of sp³-hybridized carbons (Fsp3) is 0.867. The average molecular weight is 299 g/mol. The van der Waals surface area contributed by atoms with Gasteiger partial charge in [0.05, 0.1) is 0 Å². The highest BCUT2D eigenvalue weighted by Crippen LogP contribution is 2.24. The first-order valence-corrected chi connectivity index (χ1v) is 7.57. The lowest BCUT2D eigenvalue weighted by atomic mass is 9.97. The Hall–Kier alpha value is -1.30. The molecule has 0 aromatic heterocycles. The second-order valence-corrected chi connectivity index (χ2v) is 6.99. The molecule has 2 amide bonds. The zero-order valence-corrected chi connectivity index (χ0v) is 13.9. The van der Waals surface area contributed by atoms with Crippen LogP contribution in [0.15, 0.2) is 0 Å². The van der Waals surface area contributed by atoms with E-state index < -0.39 is 11.6 Å². The molecule has 1 fully saturated rings. The molecule has 6 nitrogen and oxygen atoms in total. The topological polar surface area (TPSA) is 64.1 Å². The van der Waals surface area contributed by atoms with Gasteiger partial charge in [0.15, 0.2) is 0 Å². The van der Waals surface area contributed by atoms with E-state index in [1.54, 1.807) is 0 Å². The summed E-state index contributed by atoms with van der Waals surface area (Å²) >= 11 is 0. The lowest BCUT2D eigenvalue weighted by molar-refractivity contribution is -0.133. The Morgan fingerprint density at radius 1 is 1.19 bits per heavy atom. The van der Waals surface area contributed by atoms with Gasteiger partial charge in [-0.25, -0.2) is 4.79 Å². The number of piperidine rings is 1. The van der Waals surface area contributed by atoms with Crippen LogP contribution in [0.1, 0.15) is 40.0 Å². The van der Waals surface area contributed by atoms with Crippen molar-refractivity contribution < 1.29 is 14.7 Å². The smallest absolute Gasteiger partial charge is 0.407 e. The molecule has 0 aromatic rings. The third-order valence-electron chi connectivity index (χ3n) is 3.88. The van der Waals surface area contributed by atoms with Gasteiger partial charge in [-0.1, -0.05) is 0 Å². The zero-order valence-electron chi connectivity index (χ0n) is 13.9. The molecule has 1 heterocycles. The first-order valence-electron chi connectivity index (χ1n) is 7.57. The summed E-state index contributed by atoms with van der Waals surface area (Å²) in [7, 11) is 3.90. The highest BCUT2D eigenvalue weighted by molar-refractivity contribution is 5.76. The van der Waals surface area contributed by atoms with Crippen molar-refractivity contribution in [1.29, 1.82) is 0 Å². The summed E-state index contributed by atoms with van der Waals surface area (Å²) in [4.78, 5) is 29.0. The van der Waals surface area contributed by atoms with Crippen LogP contribution >= 0.6 is 0 Å². The van der Waals surface area contributed by atoms with Gasteiger partial charge in [0.1, 0.15) is 0 Å². The predicted octanol–water partition coefficient (Wildman–Crippen LogP) is 1.71. The Morgan fingerprint density at radius 3 is 2.10 bits per heavy atom. The van der Waals surface area contributed by atoms with Crippen molar-refractivity contribution in [3.63, 3.8) is 0 Å². The van der Waals surface area contributed by atoms with E-state index in [1.165, 1.54) is 4.90 Å². The summed E-state index contributed by atoms with van der Waals surface area (Å²) in [6.45, 7) is 7.79. The number of rotatable bonds is 4. The Bertz CT molecular complexity index is 369. The molecule has 0 spiro atoms. The number of nitrogens with zero attached hydrogens (tertiary/aromatic N) is 3. The van der Waals surface area contributed by atoms with E-state index >= 15 is 0 Å². The first kappa shape index (κ1) is 17.8. The summed E-state index contributed by atoms with van der Waals surface area (Å²) in [6.07, 6.45) is 1.09. The van der Waals surface area contributed by atoms with Crippen LogP contribution in [0.3, 0.4) is 0 Å². The number of carboxylic acid groups (broad SMARTS) is 1. The van der Waals surface area contributed by atoms with Crippen LogP contribution in [-0.4, -0.2) is 77.1 Å². The van der Waals surface area contributed by atoms with Crippen LogP contribution in [0.2, 0.25) is 0 Å². The molecule has 0 saturated carbocycles. The van der Waals surface area contributed by atoms with Crippen molar-refractivity contribution in [1.82, 2.24) is 14.7 Å². The highest BCUT2D eigenvalue weighted by Gasteiger charge is 2.35. The average Bonchev–Trinajstić information content (AvgIpc) is 2.34. The number of hydrogen-bond donors (Lipinski definition) is 1. The second-order valence-electron chi connectivity index (χ2n) is 6.99. The Kier molecular flexibility index (Phi) is 6.01. The largest absolute Gasteiger partial charge is 0.465 e. The summed E-state index contributed by atoms with van der Waals surface area (Å²) < 4.78 is 0.